The van der Waals surface area contributed by atoms with Crippen molar-refractivity contribution < 1.29 is 19.8 Å². The van der Waals surface area contributed by atoms with Crippen molar-refractivity contribution in [3.8, 4) is 22.6 Å². The van der Waals surface area contributed by atoms with Crippen molar-refractivity contribution in [3.05, 3.63) is 77.4 Å². The minimum absolute atomic E-state index is 0.0989. The Kier molecular flexibility index (Phi) is 6.56. The maximum Gasteiger partial charge on any atom is 0.235 e. The van der Waals surface area contributed by atoms with Gasteiger partial charge in [0, 0.05) is 24.7 Å². The molecule has 0 radical (unpaired) electrons. The monoisotopic (exact) mass is 486 g/mol. The Hall–Kier alpha value is -3.80. The predicted molar refractivity (Wildman–Crippen MR) is 142 cm³/mol. The van der Waals surface area contributed by atoms with E-state index < -0.39 is 10.8 Å². The summed E-state index contributed by atoms with van der Waals surface area (Å²) >= 11 is 0. The summed E-state index contributed by atoms with van der Waals surface area (Å²) in [5, 5.41) is 22.6. The minimum Gasteiger partial charge on any atom is -0.504 e. The molecule has 1 aliphatic carbocycles. The van der Waals surface area contributed by atoms with Gasteiger partial charge in [0.25, 0.3) is 0 Å². The van der Waals surface area contributed by atoms with Crippen LogP contribution in [0.4, 0.5) is 5.69 Å². The number of phenols is 2. The summed E-state index contributed by atoms with van der Waals surface area (Å²) in [4.78, 5) is 27.5. The van der Waals surface area contributed by atoms with E-state index in [-0.39, 0.29) is 23.3 Å². The van der Waals surface area contributed by atoms with Gasteiger partial charge in [-0.3, -0.25) is 9.59 Å². The summed E-state index contributed by atoms with van der Waals surface area (Å²) < 4.78 is 0. The van der Waals surface area contributed by atoms with Crippen molar-refractivity contribution in [2.24, 2.45) is 5.41 Å². The number of carbonyl (C=O) groups excluding carboxylic acids is 2. The molecule has 0 bridgehead atoms. The van der Waals surface area contributed by atoms with Crippen LogP contribution in [0.5, 0.6) is 11.5 Å². The van der Waals surface area contributed by atoms with Gasteiger partial charge in [0.2, 0.25) is 11.8 Å². The number of aryl methyl sites for hydroxylation is 1. The van der Waals surface area contributed by atoms with Gasteiger partial charge in [-0.05, 0) is 71.8 Å². The number of phenolic OH excluding ortho intramolecular Hbond substituents is 2. The normalized spacial score (nSPS) is 14.2. The van der Waals surface area contributed by atoms with Crippen LogP contribution in [0.25, 0.3) is 11.1 Å². The number of benzene rings is 3. The first-order valence-electron chi connectivity index (χ1n) is 12.2. The van der Waals surface area contributed by atoms with Crippen LogP contribution in [0.1, 0.15) is 50.3 Å². The van der Waals surface area contributed by atoms with Crippen molar-refractivity contribution in [1.82, 2.24) is 4.90 Å². The quantitative estimate of drug-likeness (QED) is 0.387. The molecule has 1 fully saturated rings. The van der Waals surface area contributed by atoms with Gasteiger partial charge in [0.15, 0.2) is 11.5 Å². The van der Waals surface area contributed by atoms with Gasteiger partial charge in [0.1, 0.15) is 0 Å². The maximum atomic E-state index is 13.2. The fraction of sp³-hybridized carbons (Fsp3) is 0.333. The number of hydrogen-bond donors (Lipinski definition) is 3. The van der Waals surface area contributed by atoms with E-state index in [9.17, 15) is 19.8 Å². The zero-order chi connectivity index (χ0) is 26.3. The molecule has 1 aliphatic rings. The molecule has 3 aromatic rings. The zero-order valence-electron chi connectivity index (χ0n) is 21.6. The molecule has 3 aromatic carbocycles. The fourth-order valence-corrected chi connectivity index (χ4v) is 4.56. The number of nitrogens with one attached hydrogen (secondary N) is 1. The van der Waals surface area contributed by atoms with E-state index in [4.69, 9.17) is 0 Å². The molecule has 6 heteroatoms. The first kappa shape index (κ1) is 25.3. The molecule has 1 saturated carbocycles. The van der Waals surface area contributed by atoms with Crippen LogP contribution >= 0.6 is 0 Å². The number of hydrogen-bond acceptors (Lipinski definition) is 4. The average molecular weight is 487 g/mol. The average Bonchev–Trinajstić information content (AvgIpc) is 3.64. The number of aromatic hydroxyl groups is 2. The van der Waals surface area contributed by atoms with E-state index in [1.807, 2.05) is 77.2 Å². The first-order chi connectivity index (χ1) is 16.9. The highest BCUT2D eigenvalue weighted by Gasteiger charge is 2.51. The molecule has 0 unspecified atom stereocenters. The Morgan fingerprint density at radius 2 is 1.61 bits per heavy atom. The fourth-order valence-electron chi connectivity index (χ4n) is 4.56. The van der Waals surface area contributed by atoms with Gasteiger partial charge in [-0.2, -0.15) is 0 Å². The summed E-state index contributed by atoms with van der Waals surface area (Å²) in [6.45, 7) is 8.34. The molecule has 4 rings (SSSR count). The number of anilines is 1. The summed E-state index contributed by atoms with van der Waals surface area (Å²) in [5.74, 6) is -0.440. The molecule has 3 N–H and O–H groups in total. The highest BCUT2D eigenvalue weighted by atomic mass is 16.3. The Balaban J connectivity index is 1.50. The Morgan fingerprint density at radius 3 is 2.19 bits per heavy atom. The van der Waals surface area contributed by atoms with Gasteiger partial charge in [-0.15, -0.1) is 0 Å². The second-order valence-corrected chi connectivity index (χ2v) is 10.9. The smallest absolute Gasteiger partial charge is 0.235 e. The van der Waals surface area contributed by atoms with Gasteiger partial charge in [0.05, 0.1) is 5.41 Å². The van der Waals surface area contributed by atoms with Gasteiger partial charge < -0.3 is 20.4 Å². The van der Waals surface area contributed by atoms with Crippen LogP contribution in [-0.4, -0.2) is 34.0 Å². The molecule has 0 aromatic heterocycles. The summed E-state index contributed by atoms with van der Waals surface area (Å²) in [6, 6.07) is 18.6. The Bertz CT molecular complexity index is 1300. The summed E-state index contributed by atoms with van der Waals surface area (Å²) in [5.41, 5.74) is 4.49. The summed E-state index contributed by atoms with van der Waals surface area (Å²) in [6.07, 6.45) is 1.38. The molecule has 36 heavy (non-hydrogen) atoms. The lowest BCUT2D eigenvalue weighted by Gasteiger charge is -2.26. The van der Waals surface area contributed by atoms with Gasteiger partial charge in [-0.1, -0.05) is 57.2 Å². The Labute approximate surface area is 212 Å². The van der Waals surface area contributed by atoms with Gasteiger partial charge >= 0.3 is 0 Å². The Morgan fingerprint density at radius 1 is 0.944 bits per heavy atom. The van der Waals surface area contributed by atoms with Crippen LogP contribution < -0.4 is 5.32 Å². The van der Waals surface area contributed by atoms with Crippen LogP contribution in [-0.2, 0) is 21.5 Å². The van der Waals surface area contributed by atoms with E-state index in [0.717, 1.165) is 22.3 Å². The highest BCUT2D eigenvalue weighted by Crippen LogP contribution is 2.50. The standard InChI is InChI=1S/C30H34N2O4/c1-19-6-12-23(31-27(35)30(14-15-30)22-11-13-25(33)26(34)16-22)17-24(19)21-9-7-20(8-10-21)18-32(5)28(36)29(2,3)4/h6-13,16-17,33-34H,14-15,18H2,1-5H3,(H,31,35). The molecule has 188 valence electrons. The third-order valence-electron chi connectivity index (χ3n) is 6.88. The topological polar surface area (TPSA) is 89.9 Å². The van der Waals surface area contributed by atoms with Crippen molar-refractivity contribution >= 4 is 17.5 Å². The minimum atomic E-state index is -0.686. The number of carbonyl (C=O) groups is 2. The number of rotatable bonds is 6. The van der Waals surface area contributed by atoms with Crippen LogP contribution in [0.15, 0.2) is 60.7 Å². The third-order valence-corrected chi connectivity index (χ3v) is 6.88. The van der Waals surface area contributed by atoms with E-state index >= 15 is 0 Å². The predicted octanol–water partition coefficient (Wildman–Crippen LogP) is 5.75. The SMILES string of the molecule is Cc1ccc(NC(=O)C2(c3ccc(O)c(O)c3)CC2)cc1-c1ccc(CN(C)C(=O)C(C)(C)C)cc1. The highest BCUT2D eigenvalue weighted by molar-refractivity contribution is 6.02. The van der Waals surface area contributed by atoms with E-state index in [0.29, 0.717) is 30.6 Å². The van der Waals surface area contributed by atoms with Crippen LogP contribution in [0.2, 0.25) is 0 Å². The molecule has 2 amide bonds. The van der Waals surface area contributed by atoms with E-state index in [2.05, 4.69) is 5.32 Å². The van der Waals surface area contributed by atoms with Crippen molar-refractivity contribution in [2.45, 2.75) is 52.5 Å². The zero-order valence-corrected chi connectivity index (χ0v) is 21.6. The van der Waals surface area contributed by atoms with Crippen molar-refractivity contribution in [1.29, 1.82) is 0 Å². The van der Waals surface area contributed by atoms with Crippen molar-refractivity contribution in [2.75, 3.05) is 12.4 Å². The molecular weight excluding hydrogens is 452 g/mol. The molecule has 0 atom stereocenters. The van der Waals surface area contributed by atoms with Gasteiger partial charge in [-0.25, -0.2) is 0 Å². The molecular formula is C30H34N2O4. The number of nitrogens with zero attached hydrogens (tertiary/aromatic N) is 1. The first-order valence-corrected chi connectivity index (χ1v) is 12.2. The molecule has 0 spiro atoms. The van der Waals surface area contributed by atoms with Crippen LogP contribution in [0.3, 0.4) is 0 Å². The maximum absolute atomic E-state index is 13.2. The summed E-state index contributed by atoms with van der Waals surface area (Å²) in [7, 11) is 1.82. The molecule has 6 nitrogen and oxygen atoms in total. The lowest BCUT2D eigenvalue weighted by molar-refractivity contribution is -0.138. The molecule has 0 heterocycles. The number of amides is 2. The molecule has 0 aliphatic heterocycles. The largest absolute Gasteiger partial charge is 0.504 e. The molecule has 0 saturated heterocycles. The second-order valence-electron chi connectivity index (χ2n) is 10.9. The van der Waals surface area contributed by atoms with Crippen molar-refractivity contribution in [3.63, 3.8) is 0 Å². The lowest BCUT2D eigenvalue weighted by atomic mass is 9.94. The van der Waals surface area contributed by atoms with Crippen LogP contribution in [0, 0.1) is 12.3 Å². The third kappa shape index (κ3) is 5.08. The van der Waals surface area contributed by atoms with E-state index in [1.54, 1.807) is 11.0 Å². The lowest BCUT2D eigenvalue weighted by Crippen LogP contribution is -2.36. The van der Waals surface area contributed by atoms with E-state index in [1.165, 1.54) is 12.1 Å². The second kappa shape index (κ2) is 9.34.